The molecule has 18 heavy (non-hydrogen) atoms. The number of aliphatic hydroxyl groups is 1. The van der Waals surface area contributed by atoms with Gasteiger partial charge in [-0.2, -0.15) is 0 Å². The number of aryl methyl sites for hydroxylation is 3. The average molecular weight is 250 g/mol. The van der Waals surface area contributed by atoms with Crippen molar-refractivity contribution in [3.63, 3.8) is 0 Å². The fourth-order valence-corrected chi connectivity index (χ4v) is 2.19. The maximum Gasteiger partial charge on any atom is 0.0679 e. The van der Waals surface area contributed by atoms with Gasteiger partial charge < -0.3 is 10.8 Å². The summed E-state index contributed by atoms with van der Waals surface area (Å²) < 4.78 is 0. The Balaban J connectivity index is 2.64. The van der Waals surface area contributed by atoms with E-state index in [9.17, 15) is 5.11 Å². The molecule has 0 saturated carbocycles. The van der Waals surface area contributed by atoms with Crippen LogP contribution >= 0.6 is 0 Å². The number of rotatable bonds is 6. The molecule has 3 heteroatoms. The summed E-state index contributed by atoms with van der Waals surface area (Å²) in [6, 6.07) is 4.48. The molecule has 0 fully saturated rings. The topological polar surface area (TPSA) is 49.5 Å². The van der Waals surface area contributed by atoms with Gasteiger partial charge in [-0.05, 0) is 63.0 Å². The Morgan fingerprint density at radius 3 is 2.39 bits per heavy atom. The molecule has 0 radical (unpaired) electrons. The van der Waals surface area contributed by atoms with E-state index in [1.165, 1.54) is 22.3 Å². The summed E-state index contributed by atoms with van der Waals surface area (Å²) in [7, 11) is 2.04. The Morgan fingerprint density at radius 1 is 1.17 bits per heavy atom. The molecule has 0 spiro atoms. The lowest BCUT2D eigenvalue weighted by atomic mass is 10.0. The van der Waals surface area contributed by atoms with Crippen LogP contribution in [0.3, 0.4) is 0 Å². The smallest absolute Gasteiger partial charge is 0.0679 e. The van der Waals surface area contributed by atoms with Gasteiger partial charge in [0.1, 0.15) is 0 Å². The van der Waals surface area contributed by atoms with Gasteiger partial charge in [0.2, 0.25) is 0 Å². The second-order valence-corrected chi connectivity index (χ2v) is 5.29. The summed E-state index contributed by atoms with van der Waals surface area (Å²) in [5.41, 5.74) is 10.8. The maximum absolute atomic E-state index is 9.74. The van der Waals surface area contributed by atoms with Gasteiger partial charge in [-0.3, -0.25) is 4.90 Å². The molecule has 3 N–H and O–H groups in total. The van der Waals surface area contributed by atoms with E-state index in [-0.39, 0.29) is 6.10 Å². The largest absolute Gasteiger partial charge is 0.392 e. The third-order valence-electron chi connectivity index (χ3n) is 3.41. The minimum absolute atomic E-state index is 0.327. The molecule has 0 heterocycles. The number of benzene rings is 1. The van der Waals surface area contributed by atoms with Crippen molar-refractivity contribution < 1.29 is 5.11 Å². The molecule has 102 valence electrons. The van der Waals surface area contributed by atoms with Gasteiger partial charge >= 0.3 is 0 Å². The van der Waals surface area contributed by atoms with Crippen molar-refractivity contribution in [2.45, 2.75) is 39.8 Å². The van der Waals surface area contributed by atoms with Gasteiger partial charge in [0.25, 0.3) is 0 Å². The Bertz CT molecular complexity index is 390. The molecule has 0 aromatic heterocycles. The zero-order valence-corrected chi connectivity index (χ0v) is 12.0. The first-order chi connectivity index (χ1) is 8.43. The van der Waals surface area contributed by atoms with Crippen molar-refractivity contribution in [2.75, 3.05) is 20.1 Å². The van der Waals surface area contributed by atoms with Gasteiger partial charge in [-0.1, -0.05) is 12.1 Å². The number of likely N-dealkylation sites (N-methyl/N-ethyl adjacent to an activating group) is 1. The molecule has 0 amide bonds. The summed E-state index contributed by atoms with van der Waals surface area (Å²) in [5.74, 6) is 0. The average Bonchev–Trinajstić information content (AvgIpc) is 2.26. The lowest BCUT2D eigenvalue weighted by Crippen LogP contribution is -2.30. The monoisotopic (exact) mass is 250 g/mol. The van der Waals surface area contributed by atoms with Gasteiger partial charge in [-0.15, -0.1) is 0 Å². The molecule has 1 rings (SSSR count). The zero-order chi connectivity index (χ0) is 13.7. The van der Waals surface area contributed by atoms with Crippen LogP contribution in [0, 0.1) is 20.8 Å². The van der Waals surface area contributed by atoms with E-state index in [0.29, 0.717) is 19.5 Å². The molecule has 0 aliphatic carbocycles. The number of nitrogens with two attached hydrogens (primary N) is 1. The van der Waals surface area contributed by atoms with Crippen LogP contribution in [-0.4, -0.2) is 36.2 Å². The first kappa shape index (κ1) is 15.2. The van der Waals surface area contributed by atoms with Crippen LogP contribution in [0.4, 0.5) is 0 Å². The molecule has 0 saturated heterocycles. The van der Waals surface area contributed by atoms with E-state index < -0.39 is 0 Å². The second kappa shape index (κ2) is 6.88. The second-order valence-electron chi connectivity index (χ2n) is 5.29. The van der Waals surface area contributed by atoms with Crippen LogP contribution in [0.2, 0.25) is 0 Å². The summed E-state index contributed by atoms with van der Waals surface area (Å²) in [6.07, 6.45) is 0.336. The van der Waals surface area contributed by atoms with Crippen molar-refractivity contribution in [3.05, 3.63) is 34.4 Å². The molecule has 3 nitrogen and oxygen atoms in total. The molecule has 0 aliphatic rings. The highest BCUT2D eigenvalue weighted by Crippen LogP contribution is 2.16. The van der Waals surface area contributed by atoms with Crippen LogP contribution < -0.4 is 5.73 Å². The quantitative estimate of drug-likeness (QED) is 0.809. The lowest BCUT2D eigenvalue weighted by molar-refractivity contribution is 0.117. The van der Waals surface area contributed by atoms with E-state index in [4.69, 9.17) is 5.73 Å². The minimum atomic E-state index is -0.327. The molecular weight excluding hydrogens is 224 g/mol. The number of hydrogen-bond donors (Lipinski definition) is 2. The van der Waals surface area contributed by atoms with Gasteiger partial charge in [-0.25, -0.2) is 0 Å². The highest BCUT2D eigenvalue weighted by atomic mass is 16.3. The predicted octanol–water partition coefficient (Wildman–Crippen LogP) is 1.75. The number of aliphatic hydroxyl groups excluding tert-OH is 1. The first-order valence-corrected chi connectivity index (χ1v) is 6.57. The Morgan fingerprint density at radius 2 is 1.78 bits per heavy atom. The third-order valence-corrected chi connectivity index (χ3v) is 3.41. The van der Waals surface area contributed by atoms with E-state index in [2.05, 4.69) is 37.8 Å². The van der Waals surface area contributed by atoms with Crippen molar-refractivity contribution >= 4 is 0 Å². The van der Waals surface area contributed by atoms with Crippen LogP contribution in [0.5, 0.6) is 0 Å². The number of hydrogen-bond acceptors (Lipinski definition) is 3. The number of nitrogens with zero attached hydrogens (tertiary/aromatic N) is 1. The van der Waals surface area contributed by atoms with Crippen molar-refractivity contribution in [3.8, 4) is 0 Å². The normalized spacial score (nSPS) is 13.1. The maximum atomic E-state index is 9.74. The van der Waals surface area contributed by atoms with Gasteiger partial charge in [0, 0.05) is 13.1 Å². The standard InChI is InChI=1S/C15H26N2O/c1-11-7-13(3)14(8-12(11)2)9-17(4)10-15(18)5-6-16/h7-8,15,18H,5-6,9-10,16H2,1-4H3. The van der Waals surface area contributed by atoms with E-state index >= 15 is 0 Å². The highest BCUT2D eigenvalue weighted by molar-refractivity contribution is 5.36. The fraction of sp³-hybridized carbons (Fsp3) is 0.600. The molecule has 0 bridgehead atoms. The molecule has 1 unspecified atom stereocenters. The van der Waals surface area contributed by atoms with Gasteiger partial charge in [0.15, 0.2) is 0 Å². The molecule has 1 aromatic carbocycles. The van der Waals surface area contributed by atoms with Crippen LogP contribution in [0.15, 0.2) is 12.1 Å². The van der Waals surface area contributed by atoms with Crippen LogP contribution in [0.1, 0.15) is 28.7 Å². The van der Waals surface area contributed by atoms with E-state index in [1.807, 2.05) is 7.05 Å². The lowest BCUT2D eigenvalue weighted by Gasteiger charge is -2.21. The van der Waals surface area contributed by atoms with Crippen LogP contribution in [0.25, 0.3) is 0 Å². The minimum Gasteiger partial charge on any atom is -0.392 e. The zero-order valence-electron chi connectivity index (χ0n) is 12.0. The predicted molar refractivity (Wildman–Crippen MR) is 76.7 cm³/mol. The molecule has 1 aromatic rings. The third kappa shape index (κ3) is 4.41. The first-order valence-electron chi connectivity index (χ1n) is 6.57. The Labute approximate surface area is 111 Å². The summed E-state index contributed by atoms with van der Waals surface area (Å²) in [5, 5.41) is 9.74. The van der Waals surface area contributed by atoms with E-state index in [1.54, 1.807) is 0 Å². The van der Waals surface area contributed by atoms with Gasteiger partial charge in [0.05, 0.1) is 6.10 Å². The fourth-order valence-electron chi connectivity index (χ4n) is 2.19. The summed E-state index contributed by atoms with van der Waals surface area (Å²) in [6.45, 7) is 8.50. The van der Waals surface area contributed by atoms with Crippen molar-refractivity contribution in [1.82, 2.24) is 4.90 Å². The summed E-state index contributed by atoms with van der Waals surface area (Å²) in [4.78, 5) is 2.15. The SMILES string of the molecule is Cc1cc(C)c(CN(C)CC(O)CCN)cc1C. The van der Waals surface area contributed by atoms with Crippen molar-refractivity contribution in [1.29, 1.82) is 0 Å². The van der Waals surface area contributed by atoms with E-state index in [0.717, 1.165) is 6.54 Å². The highest BCUT2D eigenvalue weighted by Gasteiger charge is 2.09. The Kier molecular flexibility index (Phi) is 5.79. The molecule has 1 atom stereocenters. The van der Waals surface area contributed by atoms with Crippen LogP contribution in [-0.2, 0) is 6.54 Å². The molecule has 0 aliphatic heterocycles. The summed E-state index contributed by atoms with van der Waals surface area (Å²) >= 11 is 0. The molecular formula is C15H26N2O. The van der Waals surface area contributed by atoms with Crippen molar-refractivity contribution in [2.24, 2.45) is 5.73 Å². The Hall–Kier alpha value is -0.900.